The van der Waals surface area contributed by atoms with Gasteiger partial charge in [0, 0.05) is 13.1 Å². The third-order valence-corrected chi connectivity index (χ3v) is 3.34. The minimum Gasteiger partial charge on any atom is -0.467 e. The van der Waals surface area contributed by atoms with Crippen LogP contribution < -0.4 is 5.32 Å². The predicted molar refractivity (Wildman–Crippen MR) is 69.1 cm³/mol. The highest BCUT2D eigenvalue weighted by atomic mass is 16.5. The molecule has 0 aromatic rings. The van der Waals surface area contributed by atoms with E-state index in [1.54, 1.807) is 4.90 Å². The second-order valence-corrected chi connectivity index (χ2v) is 5.39. The first kappa shape index (κ1) is 14.8. The van der Waals surface area contributed by atoms with Crippen molar-refractivity contribution in [2.45, 2.75) is 39.7 Å². The zero-order chi connectivity index (χ0) is 13.7. The molecule has 0 saturated carbocycles. The first-order valence-corrected chi connectivity index (χ1v) is 6.59. The summed E-state index contributed by atoms with van der Waals surface area (Å²) >= 11 is 0. The molecule has 0 aromatic carbocycles. The lowest BCUT2D eigenvalue weighted by atomic mass is 10.0. The fourth-order valence-corrected chi connectivity index (χ4v) is 2.22. The molecule has 0 radical (unpaired) electrons. The van der Waals surface area contributed by atoms with Crippen molar-refractivity contribution in [2.75, 3.05) is 20.2 Å². The Morgan fingerprint density at radius 2 is 2.06 bits per heavy atom. The molecule has 5 nitrogen and oxygen atoms in total. The second kappa shape index (κ2) is 6.61. The lowest BCUT2D eigenvalue weighted by Crippen LogP contribution is -2.52. The van der Waals surface area contributed by atoms with Gasteiger partial charge in [-0.05, 0) is 24.7 Å². The van der Waals surface area contributed by atoms with Crippen LogP contribution in [0.5, 0.6) is 0 Å². The van der Waals surface area contributed by atoms with Gasteiger partial charge in [-0.15, -0.1) is 0 Å². The molecule has 1 rings (SSSR count). The van der Waals surface area contributed by atoms with Gasteiger partial charge < -0.3 is 15.0 Å². The molecule has 104 valence electrons. The summed E-state index contributed by atoms with van der Waals surface area (Å²) in [6.45, 7) is 7.45. The van der Waals surface area contributed by atoms with Gasteiger partial charge in [-0.1, -0.05) is 20.8 Å². The summed E-state index contributed by atoms with van der Waals surface area (Å²) in [5.74, 6) is 0.159. The number of amides is 2. The number of esters is 1. The van der Waals surface area contributed by atoms with Gasteiger partial charge in [0.15, 0.2) is 0 Å². The van der Waals surface area contributed by atoms with Crippen molar-refractivity contribution in [3.63, 3.8) is 0 Å². The van der Waals surface area contributed by atoms with Crippen LogP contribution in [0, 0.1) is 11.8 Å². The summed E-state index contributed by atoms with van der Waals surface area (Å²) in [6, 6.07) is -0.731. The van der Waals surface area contributed by atoms with Crippen LogP contribution in [0.4, 0.5) is 4.79 Å². The Kier molecular flexibility index (Phi) is 5.44. The number of ether oxygens (including phenoxy) is 1. The van der Waals surface area contributed by atoms with E-state index in [2.05, 4.69) is 12.2 Å². The van der Waals surface area contributed by atoms with E-state index in [1.807, 2.05) is 13.8 Å². The van der Waals surface area contributed by atoms with Crippen LogP contribution in [0.2, 0.25) is 0 Å². The van der Waals surface area contributed by atoms with Crippen molar-refractivity contribution in [3.8, 4) is 0 Å². The quantitative estimate of drug-likeness (QED) is 0.781. The molecule has 2 amide bonds. The topological polar surface area (TPSA) is 58.6 Å². The Balaban J connectivity index is 2.58. The van der Waals surface area contributed by atoms with Gasteiger partial charge in [0.1, 0.15) is 6.04 Å². The number of likely N-dealkylation sites (tertiary alicyclic amines) is 1. The number of hydrogen-bond acceptors (Lipinski definition) is 3. The number of piperidine rings is 1. The molecule has 1 aliphatic rings. The van der Waals surface area contributed by atoms with Crippen molar-refractivity contribution >= 4 is 12.0 Å². The molecule has 0 aliphatic carbocycles. The second-order valence-electron chi connectivity index (χ2n) is 5.39. The third kappa shape index (κ3) is 3.89. The normalized spacial score (nSPS) is 21.6. The number of urea groups is 1. The molecule has 5 heteroatoms. The fraction of sp³-hybridized carbons (Fsp3) is 0.846. The molecule has 0 spiro atoms. The van der Waals surface area contributed by atoms with Crippen LogP contribution in [-0.4, -0.2) is 43.1 Å². The van der Waals surface area contributed by atoms with Crippen LogP contribution in [0.25, 0.3) is 0 Å². The van der Waals surface area contributed by atoms with E-state index in [-0.39, 0.29) is 17.9 Å². The van der Waals surface area contributed by atoms with Crippen LogP contribution in [0.1, 0.15) is 33.6 Å². The average molecular weight is 256 g/mol. The predicted octanol–water partition coefficient (Wildman–Crippen LogP) is 1.63. The molecule has 1 fully saturated rings. The maximum absolute atomic E-state index is 12.1. The van der Waals surface area contributed by atoms with Gasteiger partial charge in [-0.3, -0.25) is 0 Å². The van der Waals surface area contributed by atoms with Crippen molar-refractivity contribution in [1.82, 2.24) is 10.2 Å². The van der Waals surface area contributed by atoms with Gasteiger partial charge in [-0.25, -0.2) is 9.59 Å². The Hall–Kier alpha value is -1.26. The van der Waals surface area contributed by atoms with Gasteiger partial charge in [0.2, 0.25) is 0 Å². The molecular formula is C13H24N2O3. The standard InChI is InChI=1S/C13H24N2O3/c1-9(2)11(12(16)18-4)14-13(17)15-7-5-6-10(3)8-15/h9-11H,5-8H2,1-4H3,(H,14,17). The van der Waals surface area contributed by atoms with Gasteiger partial charge in [0.05, 0.1) is 7.11 Å². The zero-order valence-electron chi connectivity index (χ0n) is 11.7. The number of nitrogens with zero attached hydrogens (tertiary/aromatic N) is 1. The minimum absolute atomic E-state index is 0.0172. The molecule has 2 unspecified atom stereocenters. The van der Waals surface area contributed by atoms with E-state index in [0.717, 1.165) is 25.9 Å². The number of methoxy groups -OCH3 is 1. The number of carbonyl (C=O) groups excluding carboxylic acids is 2. The summed E-state index contributed by atoms with van der Waals surface area (Å²) in [4.78, 5) is 25.5. The van der Waals surface area contributed by atoms with Crippen LogP contribution in [0.3, 0.4) is 0 Å². The SMILES string of the molecule is COC(=O)C(NC(=O)N1CCCC(C)C1)C(C)C. The Morgan fingerprint density at radius 3 is 2.56 bits per heavy atom. The fourth-order valence-electron chi connectivity index (χ4n) is 2.22. The van der Waals surface area contributed by atoms with Gasteiger partial charge in [-0.2, -0.15) is 0 Å². The maximum atomic E-state index is 12.1. The van der Waals surface area contributed by atoms with E-state index < -0.39 is 6.04 Å². The number of rotatable bonds is 3. The van der Waals surface area contributed by atoms with E-state index in [9.17, 15) is 9.59 Å². The summed E-state index contributed by atoms with van der Waals surface area (Å²) in [5, 5.41) is 2.77. The highest BCUT2D eigenvalue weighted by Gasteiger charge is 2.28. The largest absolute Gasteiger partial charge is 0.467 e. The van der Waals surface area contributed by atoms with E-state index in [1.165, 1.54) is 7.11 Å². The van der Waals surface area contributed by atoms with E-state index in [0.29, 0.717) is 5.92 Å². The van der Waals surface area contributed by atoms with Crippen LogP contribution in [0.15, 0.2) is 0 Å². The highest BCUT2D eigenvalue weighted by molar-refractivity contribution is 5.83. The average Bonchev–Trinajstić information content (AvgIpc) is 2.34. The molecule has 1 saturated heterocycles. The molecular weight excluding hydrogens is 232 g/mol. The third-order valence-electron chi connectivity index (χ3n) is 3.34. The summed E-state index contributed by atoms with van der Waals surface area (Å²) in [7, 11) is 1.34. The van der Waals surface area contributed by atoms with Crippen LogP contribution in [-0.2, 0) is 9.53 Å². The monoisotopic (exact) mass is 256 g/mol. The van der Waals surface area contributed by atoms with Crippen molar-refractivity contribution < 1.29 is 14.3 Å². The zero-order valence-corrected chi connectivity index (χ0v) is 11.7. The Morgan fingerprint density at radius 1 is 1.39 bits per heavy atom. The Labute approximate surface area is 109 Å². The van der Waals surface area contributed by atoms with E-state index >= 15 is 0 Å². The highest BCUT2D eigenvalue weighted by Crippen LogP contribution is 2.15. The summed E-state index contributed by atoms with van der Waals surface area (Å²) in [6.07, 6.45) is 2.19. The maximum Gasteiger partial charge on any atom is 0.328 e. The Bertz CT molecular complexity index is 305. The first-order valence-electron chi connectivity index (χ1n) is 6.59. The van der Waals surface area contributed by atoms with Gasteiger partial charge in [0.25, 0.3) is 0 Å². The molecule has 1 N–H and O–H groups in total. The molecule has 1 heterocycles. The van der Waals surface area contributed by atoms with E-state index in [4.69, 9.17) is 4.74 Å². The minimum atomic E-state index is -0.570. The smallest absolute Gasteiger partial charge is 0.328 e. The molecule has 2 atom stereocenters. The molecule has 1 aliphatic heterocycles. The summed E-state index contributed by atoms with van der Waals surface area (Å²) in [5.41, 5.74) is 0. The first-order chi connectivity index (χ1) is 8.45. The van der Waals surface area contributed by atoms with Gasteiger partial charge >= 0.3 is 12.0 Å². The number of nitrogens with one attached hydrogen (secondary N) is 1. The number of hydrogen-bond donors (Lipinski definition) is 1. The van der Waals surface area contributed by atoms with Crippen molar-refractivity contribution in [2.24, 2.45) is 11.8 Å². The lowest BCUT2D eigenvalue weighted by molar-refractivity contribution is -0.144. The number of carbonyl (C=O) groups is 2. The van der Waals surface area contributed by atoms with Crippen LogP contribution >= 0.6 is 0 Å². The lowest BCUT2D eigenvalue weighted by Gasteiger charge is -2.32. The summed E-state index contributed by atoms with van der Waals surface area (Å²) < 4.78 is 4.71. The van der Waals surface area contributed by atoms with Crippen molar-refractivity contribution in [3.05, 3.63) is 0 Å². The molecule has 18 heavy (non-hydrogen) atoms. The molecule has 0 aromatic heterocycles. The molecule has 0 bridgehead atoms. The van der Waals surface area contributed by atoms with Crippen molar-refractivity contribution in [1.29, 1.82) is 0 Å².